The van der Waals surface area contributed by atoms with E-state index in [0.29, 0.717) is 24.1 Å². The van der Waals surface area contributed by atoms with Crippen molar-refractivity contribution in [2.75, 3.05) is 18.9 Å². The quantitative estimate of drug-likeness (QED) is 0.653. The van der Waals surface area contributed by atoms with Gasteiger partial charge in [-0.3, -0.25) is 9.59 Å². The summed E-state index contributed by atoms with van der Waals surface area (Å²) in [6.07, 6.45) is 1.30. The highest BCUT2D eigenvalue weighted by molar-refractivity contribution is 6.06. The largest absolute Gasteiger partial charge is 0.427 e. The Morgan fingerprint density at radius 2 is 1.84 bits per heavy atom. The molecule has 0 bridgehead atoms. The van der Waals surface area contributed by atoms with Gasteiger partial charge in [0, 0.05) is 30.3 Å². The summed E-state index contributed by atoms with van der Waals surface area (Å²) in [6, 6.07) is 10.5. The summed E-state index contributed by atoms with van der Waals surface area (Å²) in [5.41, 5.74) is 0.735. The van der Waals surface area contributed by atoms with Crippen LogP contribution in [0.5, 0.6) is 0 Å². The maximum absolute atomic E-state index is 13.6. The van der Waals surface area contributed by atoms with E-state index in [-0.39, 0.29) is 30.2 Å². The highest BCUT2D eigenvalue weighted by Gasteiger charge is 2.59. The van der Waals surface area contributed by atoms with Crippen LogP contribution in [-0.2, 0) is 26.3 Å². The molecule has 2 fully saturated rings. The van der Waals surface area contributed by atoms with Gasteiger partial charge in [0.25, 0.3) is 5.91 Å². The number of carbonyl (C=O) groups excluding carboxylic acids is 4. The molecule has 2 aliphatic heterocycles. The van der Waals surface area contributed by atoms with Crippen LogP contribution in [0.2, 0.25) is 0 Å². The van der Waals surface area contributed by atoms with Gasteiger partial charge in [-0.05, 0) is 68.5 Å². The van der Waals surface area contributed by atoms with Crippen LogP contribution in [0.4, 0.5) is 19.7 Å². The third-order valence-electron chi connectivity index (χ3n) is 7.65. The van der Waals surface area contributed by atoms with E-state index in [1.54, 1.807) is 35.2 Å². The molecule has 5 rings (SSSR count). The Hall–Kier alpha value is -3.95. The molecule has 2 N–H and O–H groups in total. The van der Waals surface area contributed by atoms with Crippen molar-refractivity contribution in [3.8, 4) is 0 Å². The molecule has 5 amide bonds. The van der Waals surface area contributed by atoms with Crippen LogP contribution >= 0.6 is 0 Å². The minimum atomic E-state index is -1.48. The molecular formula is C27H29FN4O5. The summed E-state index contributed by atoms with van der Waals surface area (Å²) >= 11 is 0. The van der Waals surface area contributed by atoms with E-state index in [9.17, 15) is 23.6 Å². The molecule has 3 aliphatic rings. The zero-order valence-corrected chi connectivity index (χ0v) is 21.0. The molecular weight excluding hydrogens is 479 g/mol. The number of halogens is 1. The van der Waals surface area contributed by atoms with Crippen molar-refractivity contribution in [3.63, 3.8) is 0 Å². The number of hydrogen-bond acceptors (Lipinski definition) is 5. The molecule has 0 aromatic heterocycles. The Bertz CT molecular complexity index is 1290. The SMILES string of the molecule is CNC(=O)Nc1ccc2c(c1)CC[C@@]21OC(=O)N(CC(=O)N2[C@H](c3ccc(F)cc3)CCC2(C)C)C1=O. The average Bonchev–Trinajstić information content (AvgIpc) is 3.46. The molecule has 0 saturated carbocycles. The van der Waals surface area contributed by atoms with E-state index < -0.39 is 29.7 Å². The van der Waals surface area contributed by atoms with Gasteiger partial charge >= 0.3 is 12.1 Å². The summed E-state index contributed by atoms with van der Waals surface area (Å²) in [7, 11) is 1.51. The van der Waals surface area contributed by atoms with Gasteiger partial charge in [-0.25, -0.2) is 18.9 Å². The van der Waals surface area contributed by atoms with Crippen molar-refractivity contribution in [3.05, 3.63) is 65.0 Å². The van der Waals surface area contributed by atoms with E-state index in [1.807, 2.05) is 13.8 Å². The van der Waals surface area contributed by atoms with Gasteiger partial charge in [-0.15, -0.1) is 0 Å². The number of rotatable bonds is 4. The van der Waals surface area contributed by atoms with Crippen molar-refractivity contribution in [1.29, 1.82) is 0 Å². The van der Waals surface area contributed by atoms with Gasteiger partial charge in [0.15, 0.2) is 0 Å². The lowest BCUT2D eigenvalue weighted by Gasteiger charge is -2.37. The molecule has 2 aromatic carbocycles. The van der Waals surface area contributed by atoms with E-state index in [0.717, 1.165) is 22.4 Å². The number of nitrogens with one attached hydrogen (secondary N) is 2. The second-order valence-electron chi connectivity index (χ2n) is 10.3. The Kier molecular flexibility index (Phi) is 5.92. The predicted molar refractivity (Wildman–Crippen MR) is 132 cm³/mol. The topological polar surface area (TPSA) is 108 Å². The highest BCUT2D eigenvalue weighted by atomic mass is 19.1. The second kappa shape index (κ2) is 8.86. The normalized spacial score (nSPS) is 23.8. The van der Waals surface area contributed by atoms with E-state index >= 15 is 0 Å². The van der Waals surface area contributed by atoms with Gasteiger partial charge < -0.3 is 20.3 Å². The number of carbonyl (C=O) groups is 4. The Morgan fingerprint density at radius 1 is 1.11 bits per heavy atom. The van der Waals surface area contributed by atoms with Crippen molar-refractivity contribution in [1.82, 2.24) is 15.1 Å². The number of urea groups is 1. The Balaban J connectivity index is 1.37. The number of nitrogens with zero attached hydrogens (tertiary/aromatic N) is 2. The number of aryl methyl sites for hydroxylation is 1. The van der Waals surface area contributed by atoms with Gasteiger partial charge in [0.05, 0.1) is 6.04 Å². The number of ether oxygens (including phenoxy) is 1. The summed E-state index contributed by atoms with van der Waals surface area (Å²) in [5.74, 6) is -1.29. The first kappa shape index (κ1) is 24.7. The minimum Gasteiger partial charge on any atom is -0.427 e. The van der Waals surface area contributed by atoms with Crippen LogP contribution in [0.25, 0.3) is 0 Å². The van der Waals surface area contributed by atoms with Crippen LogP contribution in [0, 0.1) is 5.82 Å². The molecule has 37 heavy (non-hydrogen) atoms. The van der Waals surface area contributed by atoms with Crippen molar-refractivity contribution >= 4 is 29.6 Å². The molecule has 194 valence electrons. The van der Waals surface area contributed by atoms with E-state index in [1.165, 1.54) is 19.2 Å². The molecule has 0 unspecified atom stereocenters. The maximum Gasteiger partial charge on any atom is 0.418 e. The van der Waals surface area contributed by atoms with Crippen LogP contribution in [0.15, 0.2) is 42.5 Å². The number of likely N-dealkylation sites (tertiary alicyclic amines) is 1. The van der Waals surface area contributed by atoms with E-state index in [2.05, 4.69) is 10.6 Å². The predicted octanol–water partition coefficient (Wildman–Crippen LogP) is 3.84. The van der Waals surface area contributed by atoms with Crippen molar-refractivity contribution < 1.29 is 28.3 Å². The lowest BCUT2D eigenvalue weighted by molar-refractivity contribution is -0.144. The number of benzene rings is 2. The smallest absolute Gasteiger partial charge is 0.418 e. The fraction of sp³-hybridized carbons (Fsp3) is 0.407. The van der Waals surface area contributed by atoms with Gasteiger partial charge in [0.2, 0.25) is 11.5 Å². The molecule has 2 heterocycles. The average molecular weight is 509 g/mol. The standard InChI is InChI=1S/C27H29FN4O5/c1-26(2)12-11-21(16-4-6-18(28)7-5-16)32(26)22(33)15-31-23(34)27(37-25(31)36)13-10-17-14-19(8-9-20(17)27)30-24(35)29-3/h4-9,14,21H,10-13,15H2,1-3H3,(H2,29,30,35)/t21-,27+/m0/s1. The molecule has 0 radical (unpaired) electrons. The number of imide groups is 1. The lowest BCUT2D eigenvalue weighted by atomic mass is 9.94. The van der Waals surface area contributed by atoms with Crippen LogP contribution in [-0.4, -0.2) is 52.9 Å². The summed E-state index contributed by atoms with van der Waals surface area (Å²) in [6.45, 7) is 3.45. The van der Waals surface area contributed by atoms with Crippen LogP contribution < -0.4 is 10.6 Å². The molecule has 1 spiro atoms. The third kappa shape index (κ3) is 4.10. The second-order valence-corrected chi connectivity index (χ2v) is 10.3. The van der Waals surface area contributed by atoms with Crippen molar-refractivity contribution in [2.24, 2.45) is 0 Å². The molecule has 9 nitrogen and oxygen atoms in total. The first-order valence-electron chi connectivity index (χ1n) is 12.3. The maximum atomic E-state index is 13.6. The summed E-state index contributed by atoms with van der Waals surface area (Å²) in [5, 5.41) is 5.17. The molecule has 10 heteroatoms. The van der Waals surface area contributed by atoms with Gasteiger partial charge in [-0.2, -0.15) is 0 Å². The number of fused-ring (bicyclic) bond motifs is 2. The first-order valence-corrected chi connectivity index (χ1v) is 12.3. The zero-order valence-electron chi connectivity index (χ0n) is 21.0. The Morgan fingerprint density at radius 3 is 2.54 bits per heavy atom. The summed E-state index contributed by atoms with van der Waals surface area (Å²) < 4.78 is 19.2. The van der Waals surface area contributed by atoms with Crippen LogP contribution in [0.1, 0.15) is 55.8 Å². The molecule has 2 atom stereocenters. The highest BCUT2D eigenvalue weighted by Crippen LogP contribution is 2.47. The number of amides is 5. The molecule has 2 aromatic rings. The zero-order chi connectivity index (χ0) is 26.5. The lowest BCUT2D eigenvalue weighted by Crippen LogP contribution is -2.50. The fourth-order valence-electron chi connectivity index (χ4n) is 5.81. The van der Waals surface area contributed by atoms with Gasteiger partial charge in [-0.1, -0.05) is 18.2 Å². The molecule has 1 aliphatic carbocycles. The van der Waals surface area contributed by atoms with E-state index in [4.69, 9.17) is 4.74 Å². The molecule has 2 saturated heterocycles. The third-order valence-corrected chi connectivity index (χ3v) is 7.65. The van der Waals surface area contributed by atoms with Crippen LogP contribution in [0.3, 0.4) is 0 Å². The fourth-order valence-corrected chi connectivity index (χ4v) is 5.81. The minimum absolute atomic E-state index is 0.258. The summed E-state index contributed by atoms with van der Waals surface area (Å²) in [4.78, 5) is 54.3. The Labute approximate surface area is 213 Å². The first-order chi connectivity index (χ1) is 17.6. The van der Waals surface area contributed by atoms with Gasteiger partial charge in [0.1, 0.15) is 12.4 Å². The van der Waals surface area contributed by atoms with Crippen molar-refractivity contribution in [2.45, 2.75) is 56.7 Å². The number of anilines is 1. The number of hydrogen-bond donors (Lipinski definition) is 2. The monoisotopic (exact) mass is 508 g/mol.